The molecule has 0 atom stereocenters. The van der Waals surface area contributed by atoms with E-state index in [0.29, 0.717) is 0 Å². The third-order valence-corrected chi connectivity index (χ3v) is 22.6. The fraction of sp³-hybridized carbons (Fsp3) is 0.365. The number of fused-ring (bicyclic) bond motifs is 13. The van der Waals surface area contributed by atoms with E-state index in [0.717, 1.165) is 59.6 Å². The molecule has 3 aliphatic carbocycles. The number of anilines is 8. The molecule has 0 saturated carbocycles. The Morgan fingerprint density at radius 1 is 0.400 bits per heavy atom. The molecule has 0 radical (unpaired) electrons. The highest BCUT2D eigenvalue weighted by atomic mass is 16.3. The van der Waals surface area contributed by atoms with Crippen molar-refractivity contribution >= 4 is 85.2 Å². The Kier molecular flexibility index (Phi) is 12.5. The van der Waals surface area contributed by atoms with Crippen LogP contribution in [0.3, 0.4) is 0 Å². The van der Waals surface area contributed by atoms with Gasteiger partial charge in [-0.25, -0.2) is 0 Å². The number of rotatable bonds is 5. The summed E-state index contributed by atoms with van der Waals surface area (Å²) in [6.45, 7) is 45.2. The number of hydrogen-bond acceptors (Lipinski definition) is 4. The van der Waals surface area contributed by atoms with E-state index in [2.05, 4.69) is 310 Å². The topological polar surface area (TPSA) is 22.9 Å². The molecule has 456 valence electrons. The molecule has 0 spiro atoms. The van der Waals surface area contributed by atoms with Crippen LogP contribution in [0, 0.1) is 0 Å². The van der Waals surface area contributed by atoms with Gasteiger partial charge in [0.15, 0.2) is 0 Å². The van der Waals surface area contributed by atoms with Gasteiger partial charge in [-0.15, -0.1) is 0 Å². The molecule has 1 aromatic heterocycles. The maximum atomic E-state index is 7.34. The van der Waals surface area contributed by atoms with Gasteiger partial charge in [-0.05, 0) is 226 Å². The standard InChI is InChI=1S/C85H92BN3O/c1-78(2,3)51-24-30-54(31-25-51)87(55-32-26-52(27-33-55)79(4,5)6)57-37-39-70-72(45-57)88(56-34-28-53(29-35-56)80(7,8)9)77-75-63(59-22-20-21-23-65(59)85(75,18)19)47-64-60-46-61-62-48-68-69(84(16,17)43-42-83(68,14)15)49-73(62)90-74(61)50-71(60)89(86(70)76(64)77)58-36-38-66-67(44-58)82(12,13)41-40-81(66,10)11/h20-39,44-50H,40-43H2,1-19H3. The zero-order valence-corrected chi connectivity index (χ0v) is 57.2. The Labute approximate surface area is 537 Å². The summed E-state index contributed by atoms with van der Waals surface area (Å²) in [5, 5.41) is 2.38. The molecule has 0 amide bonds. The third kappa shape index (κ3) is 8.80. The molecule has 9 aromatic carbocycles. The summed E-state index contributed by atoms with van der Waals surface area (Å²) < 4.78 is 7.34. The Balaban J connectivity index is 1.08. The van der Waals surface area contributed by atoms with E-state index < -0.39 is 0 Å². The fourth-order valence-corrected chi connectivity index (χ4v) is 16.8. The van der Waals surface area contributed by atoms with Crippen molar-refractivity contribution in [2.45, 2.75) is 201 Å². The summed E-state index contributed by atoms with van der Waals surface area (Å²) in [5.41, 5.74) is 31.2. The van der Waals surface area contributed by atoms with Crippen molar-refractivity contribution in [3.63, 3.8) is 0 Å². The Hall–Kier alpha value is -7.76. The van der Waals surface area contributed by atoms with E-state index in [1.165, 1.54) is 117 Å². The zero-order chi connectivity index (χ0) is 63.5. The Morgan fingerprint density at radius 2 is 0.889 bits per heavy atom. The highest BCUT2D eigenvalue weighted by molar-refractivity contribution is 6.93. The second-order valence-corrected chi connectivity index (χ2v) is 34.0. The third-order valence-electron chi connectivity index (χ3n) is 22.6. The summed E-state index contributed by atoms with van der Waals surface area (Å²) in [7, 11) is 0. The molecule has 15 rings (SSSR count). The maximum absolute atomic E-state index is 7.34. The second-order valence-electron chi connectivity index (χ2n) is 34.0. The van der Waals surface area contributed by atoms with E-state index in [9.17, 15) is 0 Å². The van der Waals surface area contributed by atoms with Gasteiger partial charge in [-0.1, -0.05) is 204 Å². The predicted octanol–water partition coefficient (Wildman–Crippen LogP) is 22.7. The molecule has 0 unspecified atom stereocenters. The molecule has 5 aliphatic rings. The van der Waals surface area contributed by atoms with Crippen LogP contribution >= 0.6 is 0 Å². The van der Waals surface area contributed by atoms with Gasteiger partial charge in [-0.2, -0.15) is 0 Å². The number of furan rings is 1. The summed E-state index contributed by atoms with van der Waals surface area (Å²) in [6, 6.07) is 65.2. The smallest absolute Gasteiger partial charge is 0.333 e. The van der Waals surface area contributed by atoms with Crippen LogP contribution < -0.4 is 25.5 Å². The van der Waals surface area contributed by atoms with Crippen LogP contribution in [-0.2, 0) is 43.3 Å². The van der Waals surface area contributed by atoms with Gasteiger partial charge < -0.3 is 19.0 Å². The highest BCUT2D eigenvalue weighted by Crippen LogP contribution is 2.60. The maximum Gasteiger partial charge on any atom is 0.333 e. The van der Waals surface area contributed by atoms with Gasteiger partial charge in [0.05, 0.1) is 0 Å². The van der Waals surface area contributed by atoms with Gasteiger partial charge in [0.1, 0.15) is 11.2 Å². The number of nitrogens with zero attached hydrogens (tertiary/aromatic N) is 3. The first-order valence-corrected chi connectivity index (χ1v) is 33.6. The minimum absolute atomic E-state index is 0.00502. The Morgan fingerprint density at radius 3 is 1.47 bits per heavy atom. The largest absolute Gasteiger partial charge is 0.456 e. The summed E-state index contributed by atoms with van der Waals surface area (Å²) >= 11 is 0. The molecule has 3 heterocycles. The van der Waals surface area contributed by atoms with Crippen LogP contribution in [0.15, 0.2) is 168 Å². The molecule has 0 saturated heterocycles. The van der Waals surface area contributed by atoms with Crippen molar-refractivity contribution in [2.75, 3.05) is 14.6 Å². The quantitative estimate of drug-likeness (QED) is 0.160. The molecule has 2 aliphatic heterocycles. The normalized spacial score (nSPS) is 17.9. The van der Waals surface area contributed by atoms with Gasteiger partial charge in [0.25, 0.3) is 0 Å². The van der Waals surface area contributed by atoms with Crippen LogP contribution in [0.1, 0.15) is 207 Å². The molecule has 0 bridgehead atoms. The first-order valence-electron chi connectivity index (χ1n) is 33.6. The SMILES string of the molecule is CC(C)(C)c1ccc(N(c2ccc(C(C)(C)C)cc2)c2ccc3c(c2)N(c2ccc(C(C)(C)C)cc2)c2c4c(cc5c2C(C)(C)c2ccccc2-5)-c2cc5c(cc2N(c2ccc6c(c2)C(C)(C)CCC6(C)C)B34)oc2cc3c(cc25)C(C)(C)CCC3(C)C)cc1. The van der Waals surface area contributed by atoms with Crippen molar-refractivity contribution in [3.05, 3.63) is 214 Å². The number of benzene rings is 9. The van der Waals surface area contributed by atoms with Crippen LogP contribution in [0.25, 0.3) is 44.2 Å². The first-order chi connectivity index (χ1) is 42.2. The van der Waals surface area contributed by atoms with Crippen molar-refractivity contribution in [2.24, 2.45) is 0 Å². The molecule has 10 aromatic rings. The van der Waals surface area contributed by atoms with Gasteiger partial charge >= 0.3 is 6.85 Å². The molecular formula is C85H92BN3O. The van der Waals surface area contributed by atoms with Crippen molar-refractivity contribution in [1.82, 2.24) is 0 Å². The van der Waals surface area contributed by atoms with Crippen LogP contribution in [0.4, 0.5) is 45.5 Å². The molecule has 5 heteroatoms. The summed E-state index contributed by atoms with van der Waals surface area (Å²) in [6.07, 6.45) is 4.59. The molecule has 4 nitrogen and oxygen atoms in total. The summed E-state index contributed by atoms with van der Waals surface area (Å²) in [4.78, 5) is 7.97. The van der Waals surface area contributed by atoms with Crippen molar-refractivity contribution < 1.29 is 4.42 Å². The lowest BCUT2D eigenvalue weighted by atomic mass is 9.42. The van der Waals surface area contributed by atoms with Gasteiger partial charge in [-0.3, -0.25) is 0 Å². The van der Waals surface area contributed by atoms with E-state index >= 15 is 0 Å². The lowest BCUT2D eigenvalue weighted by molar-refractivity contribution is 0.332. The highest BCUT2D eigenvalue weighted by Gasteiger charge is 2.51. The van der Waals surface area contributed by atoms with Crippen LogP contribution in [0.5, 0.6) is 0 Å². The lowest BCUT2D eigenvalue weighted by Gasteiger charge is -2.48. The van der Waals surface area contributed by atoms with E-state index in [4.69, 9.17) is 4.42 Å². The lowest BCUT2D eigenvalue weighted by Crippen LogP contribution is -2.62. The number of hydrogen-bond donors (Lipinski definition) is 0. The molecule has 0 N–H and O–H groups in total. The minimum Gasteiger partial charge on any atom is -0.456 e. The van der Waals surface area contributed by atoms with E-state index in [-0.39, 0.29) is 50.2 Å². The average molecular weight is 1180 g/mol. The van der Waals surface area contributed by atoms with Crippen molar-refractivity contribution in [1.29, 1.82) is 0 Å². The molecular weight excluding hydrogens is 1090 g/mol. The molecule has 0 fully saturated rings. The van der Waals surface area contributed by atoms with Gasteiger partial charge in [0, 0.05) is 73.3 Å². The average Bonchev–Trinajstić information content (AvgIpc) is 1.26. The minimum atomic E-state index is -0.355. The second kappa shape index (κ2) is 19.2. The van der Waals surface area contributed by atoms with Gasteiger partial charge in [0.2, 0.25) is 0 Å². The first kappa shape index (κ1) is 58.6. The summed E-state index contributed by atoms with van der Waals surface area (Å²) in [5.74, 6) is 0. The fourth-order valence-electron chi connectivity index (χ4n) is 16.8. The molecule has 90 heavy (non-hydrogen) atoms. The zero-order valence-electron chi connectivity index (χ0n) is 57.2. The van der Waals surface area contributed by atoms with Crippen LogP contribution in [-0.4, -0.2) is 6.85 Å². The predicted molar refractivity (Wildman–Crippen MR) is 386 cm³/mol. The van der Waals surface area contributed by atoms with Crippen LogP contribution in [0.2, 0.25) is 0 Å². The monoisotopic (exact) mass is 1180 g/mol. The van der Waals surface area contributed by atoms with Crippen molar-refractivity contribution in [3.8, 4) is 22.3 Å². The Bertz CT molecular complexity index is 4560. The van der Waals surface area contributed by atoms with E-state index in [1.54, 1.807) is 0 Å². The van der Waals surface area contributed by atoms with E-state index in [1.807, 2.05) is 0 Å².